The fourth-order valence-electron chi connectivity index (χ4n) is 3.89. The molecule has 4 aliphatic rings. The summed E-state index contributed by atoms with van der Waals surface area (Å²) in [4.78, 5) is 14.8. The van der Waals surface area contributed by atoms with Gasteiger partial charge in [-0.25, -0.2) is 4.39 Å². The van der Waals surface area contributed by atoms with E-state index in [-0.39, 0.29) is 17.3 Å². The number of nitrogens with one attached hydrogen (secondary N) is 1. The maximum Gasteiger partial charge on any atom is 0.240 e. The van der Waals surface area contributed by atoms with Gasteiger partial charge in [0.2, 0.25) is 5.91 Å². The van der Waals surface area contributed by atoms with Crippen LogP contribution in [0.4, 0.5) is 4.39 Å². The second-order valence-electron chi connectivity index (χ2n) is 6.97. The van der Waals surface area contributed by atoms with Crippen LogP contribution in [0.15, 0.2) is 24.3 Å². The normalized spacial score (nSPS) is 31.0. The Hall–Kier alpha value is -1.42. The summed E-state index contributed by atoms with van der Waals surface area (Å²) in [6, 6.07) is 6.72. The number of carbonyl (C=O) groups excluding carboxylic acids is 1. The highest BCUT2D eigenvalue weighted by Crippen LogP contribution is 2.51. The molecule has 0 unspecified atom stereocenters. The maximum absolute atomic E-state index is 13.3. The highest BCUT2D eigenvalue weighted by molar-refractivity contribution is 5.88. The molecule has 2 aliphatic heterocycles. The molecule has 2 heterocycles. The second kappa shape index (κ2) is 4.80. The number of carbonyl (C=O) groups is 1. The number of rotatable bonds is 5. The van der Waals surface area contributed by atoms with Gasteiger partial charge in [0.05, 0.1) is 0 Å². The topological polar surface area (TPSA) is 32.3 Å². The van der Waals surface area contributed by atoms with E-state index in [1.807, 2.05) is 6.07 Å². The lowest BCUT2D eigenvalue weighted by Gasteiger charge is -2.40. The van der Waals surface area contributed by atoms with Crippen LogP contribution in [0.25, 0.3) is 0 Å². The molecule has 0 spiro atoms. The van der Waals surface area contributed by atoms with Gasteiger partial charge in [0, 0.05) is 19.6 Å². The van der Waals surface area contributed by atoms with E-state index >= 15 is 0 Å². The summed E-state index contributed by atoms with van der Waals surface area (Å²) in [7, 11) is 0. The molecule has 3 nitrogen and oxygen atoms in total. The number of amides is 1. The molecule has 1 aromatic rings. The Kier molecular flexibility index (Phi) is 3.03. The Morgan fingerprint density at radius 1 is 1.38 bits per heavy atom. The van der Waals surface area contributed by atoms with E-state index in [0.29, 0.717) is 18.4 Å². The lowest BCUT2D eigenvalue weighted by Crippen LogP contribution is -2.57. The Balaban J connectivity index is 1.45. The minimum atomic E-state index is -0.314. The van der Waals surface area contributed by atoms with Gasteiger partial charge in [-0.15, -0.1) is 0 Å². The van der Waals surface area contributed by atoms with Crippen LogP contribution in [0.1, 0.15) is 31.2 Å². The lowest BCUT2D eigenvalue weighted by atomic mass is 9.72. The summed E-state index contributed by atoms with van der Waals surface area (Å²) in [5.74, 6) is 1.34. The quantitative estimate of drug-likeness (QED) is 0.902. The highest BCUT2D eigenvalue weighted by Gasteiger charge is 2.60. The third kappa shape index (κ3) is 2.35. The molecule has 4 fully saturated rings. The van der Waals surface area contributed by atoms with E-state index < -0.39 is 0 Å². The van der Waals surface area contributed by atoms with Crippen LogP contribution < -0.4 is 5.32 Å². The van der Waals surface area contributed by atoms with E-state index in [2.05, 4.69) is 10.2 Å². The van der Waals surface area contributed by atoms with Gasteiger partial charge in [0.1, 0.15) is 11.4 Å². The number of hydrogen-bond donors (Lipinski definition) is 1. The predicted octanol–water partition coefficient (Wildman–Crippen LogP) is 2.32. The van der Waals surface area contributed by atoms with Gasteiger partial charge in [-0.2, -0.15) is 0 Å². The molecule has 0 aromatic heterocycles. The average molecular weight is 288 g/mol. The van der Waals surface area contributed by atoms with Crippen molar-refractivity contribution < 1.29 is 9.18 Å². The minimum Gasteiger partial charge on any atom is -0.354 e. The molecule has 2 aliphatic carbocycles. The molecule has 0 radical (unpaired) electrons. The minimum absolute atomic E-state index is 0.194. The molecule has 2 saturated carbocycles. The van der Waals surface area contributed by atoms with E-state index in [1.165, 1.54) is 18.9 Å². The fourth-order valence-corrected chi connectivity index (χ4v) is 3.89. The molecule has 1 aromatic carbocycles. The standard InChI is InChI=1S/C17H21FN2O/c18-15-3-1-2-13(6-15)10-20-11-14-7-17(20,8-14)16(21)19-9-12-4-5-12/h1-3,6,12,14H,4-5,7-11H2,(H,19,21). The first-order valence-corrected chi connectivity index (χ1v) is 7.93. The highest BCUT2D eigenvalue weighted by atomic mass is 19.1. The lowest BCUT2D eigenvalue weighted by molar-refractivity contribution is -0.134. The van der Waals surface area contributed by atoms with Gasteiger partial charge in [0.15, 0.2) is 0 Å². The molecule has 0 atom stereocenters. The maximum atomic E-state index is 13.3. The zero-order valence-electron chi connectivity index (χ0n) is 12.1. The van der Waals surface area contributed by atoms with E-state index in [9.17, 15) is 9.18 Å². The average Bonchev–Trinajstić information content (AvgIpc) is 3.09. The van der Waals surface area contributed by atoms with Crippen LogP contribution in [0.2, 0.25) is 0 Å². The van der Waals surface area contributed by atoms with Crippen molar-refractivity contribution in [2.24, 2.45) is 11.8 Å². The Bertz CT molecular complexity index is 564. The zero-order chi connectivity index (χ0) is 14.4. The Labute approximate surface area is 124 Å². The summed E-state index contributed by atoms with van der Waals surface area (Å²) < 4.78 is 13.3. The van der Waals surface area contributed by atoms with E-state index in [4.69, 9.17) is 0 Å². The van der Waals surface area contributed by atoms with E-state index in [1.54, 1.807) is 12.1 Å². The van der Waals surface area contributed by atoms with Crippen molar-refractivity contribution in [1.29, 1.82) is 0 Å². The number of halogens is 1. The SMILES string of the molecule is O=C(NCC1CC1)C12CC(CN1Cc1cccc(F)c1)C2. The molecule has 2 saturated heterocycles. The molecule has 2 bridgehead atoms. The van der Waals surface area contributed by atoms with Gasteiger partial charge >= 0.3 is 0 Å². The van der Waals surface area contributed by atoms with Crippen molar-refractivity contribution in [3.63, 3.8) is 0 Å². The van der Waals surface area contributed by atoms with Crippen molar-refractivity contribution in [1.82, 2.24) is 10.2 Å². The van der Waals surface area contributed by atoms with Crippen molar-refractivity contribution in [2.45, 2.75) is 37.8 Å². The molecule has 5 rings (SSSR count). The van der Waals surface area contributed by atoms with Gasteiger partial charge in [-0.3, -0.25) is 9.69 Å². The van der Waals surface area contributed by atoms with Crippen LogP contribution >= 0.6 is 0 Å². The number of nitrogens with zero attached hydrogens (tertiary/aromatic N) is 1. The van der Waals surface area contributed by atoms with Gasteiger partial charge < -0.3 is 5.32 Å². The van der Waals surface area contributed by atoms with E-state index in [0.717, 1.165) is 31.5 Å². The first kappa shape index (κ1) is 13.3. The van der Waals surface area contributed by atoms with Crippen LogP contribution in [0, 0.1) is 17.7 Å². The molecular weight excluding hydrogens is 267 g/mol. The van der Waals surface area contributed by atoms with Gasteiger partial charge in [0.25, 0.3) is 0 Å². The smallest absolute Gasteiger partial charge is 0.240 e. The molecular formula is C17H21FN2O. The van der Waals surface area contributed by atoms with Crippen LogP contribution in [0.5, 0.6) is 0 Å². The van der Waals surface area contributed by atoms with Crippen LogP contribution in [-0.4, -0.2) is 29.4 Å². The Morgan fingerprint density at radius 3 is 2.90 bits per heavy atom. The summed E-state index contributed by atoms with van der Waals surface area (Å²) in [5.41, 5.74) is 0.642. The molecule has 4 heteroatoms. The number of fused-ring (bicyclic) bond motifs is 1. The largest absolute Gasteiger partial charge is 0.354 e. The molecule has 112 valence electrons. The third-order valence-electron chi connectivity index (χ3n) is 5.27. The monoisotopic (exact) mass is 288 g/mol. The third-order valence-corrected chi connectivity index (χ3v) is 5.27. The first-order chi connectivity index (χ1) is 10.2. The van der Waals surface area contributed by atoms with Crippen molar-refractivity contribution in [3.05, 3.63) is 35.6 Å². The van der Waals surface area contributed by atoms with Crippen molar-refractivity contribution in [3.8, 4) is 0 Å². The summed E-state index contributed by atoms with van der Waals surface area (Å²) in [6.07, 6.45) is 4.45. The fraction of sp³-hybridized carbons (Fsp3) is 0.588. The molecule has 21 heavy (non-hydrogen) atoms. The molecule has 1 N–H and O–H groups in total. The number of hydrogen-bond acceptors (Lipinski definition) is 2. The summed E-state index contributed by atoms with van der Waals surface area (Å²) in [6.45, 7) is 2.47. The van der Waals surface area contributed by atoms with Crippen LogP contribution in [-0.2, 0) is 11.3 Å². The summed E-state index contributed by atoms with van der Waals surface area (Å²) >= 11 is 0. The van der Waals surface area contributed by atoms with Crippen LogP contribution in [0.3, 0.4) is 0 Å². The zero-order valence-corrected chi connectivity index (χ0v) is 12.1. The number of benzene rings is 1. The predicted molar refractivity (Wildman–Crippen MR) is 78.0 cm³/mol. The van der Waals surface area contributed by atoms with Gasteiger partial charge in [-0.1, -0.05) is 12.1 Å². The van der Waals surface area contributed by atoms with Gasteiger partial charge in [-0.05, 0) is 55.2 Å². The van der Waals surface area contributed by atoms with Crippen molar-refractivity contribution >= 4 is 5.91 Å². The second-order valence-corrected chi connectivity index (χ2v) is 6.97. The van der Waals surface area contributed by atoms with Crippen molar-refractivity contribution in [2.75, 3.05) is 13.1 Å². The Morgan fingerprint density at radius 2 is 2.19 bits per heavy atom. The molecule has 1 amide bonds. The first-order valence-electron chi connectivity index (χ1n) is 7.93. The summed E-state index contributed by atoms with van der Waals surface area (Å²) in [5, 5.41) is 3.14.